The molecular formula is C12H21Cl. The molecule has 0 aliphatic heterocycles. The predicted molar refractivity (Wildman–Crippen MR) is 58.0 cm³/mol. The molecule has 2 saturated carbocycles. The first kappa shape index (κ1) is 9.83. The first-order valence-corrected chi connectivity index (χ1v) is 5.95. The van der Waals surface area contributed by atoms with E-state index in [0.29, 0.717) is 16.2 Å². The van der Waals surface area contributed by atoms with Crippen molar-refractivity contribution in [3.05, 3.63) is 0 Å². The van der Waals surface area contributed by atoms with E-state index in [-0.39, 0.29) is 0 Å². The second-order valence-corrected chi connectivity index (χ2v) is 6.76. The zero-order valence-corrected chi connectivity index (χ0v) is 9.99. The van der Waals surface area contributed by atoms with E-state index in [1.54, 1.807) is 0 Å². The number of hydrogen-bond donors (Lipinski definition) is 0. The Morgan fingerprint density at radius 1 is 1.31 bits per heavy atom. The summed E-state index contributed by atoms with van der Waals surface area (Å²) in [4.78, 5) is 0. The van der Waals surface area contributed by atoms with Gasteiger partial charge in [0.2, 0.25) is 0 Å². The molecule has 13 heavy (non-hydrogen) atoms. The highest BCUT2D eigenvalue weighted by Gasteiger charge is 2.60. The van der Waals surface area contributed by atoms with Crippen LogP contribution in [0.4, 0.5) is 0 Å². The Labute approximate surface area is 87.0 Å². The van der Waals surface area contributed by atoms with Gasteiger partial charge in [0, 0.05) is 5.38 Å². The maximum Gasteiger partial charge on any atom is 0.0346 e. The highest BCUT2D eigenvalue weighted by Crippen LogP contribution is 2.67. The molecule has 0 radical (unpaired) electrons. The van der Waals surface area contributed by atoms with E-state index in [9.17, 15) is 0 Å². The predicted octanol–water partition coefficient (Wildman–Crippen LogP) is 4.08. The minimum atomic E-state index is 0.338. The van der Waals surface area contributed by atoms with Gasteiger partial charge in [-0.2, -0.15) is 0 Å². The van der Waals surface area contributed by atoms with Crippen LogP contribution in [0.1, 0.15) is 47.0 Å². The summed E-state index contributed by atoms with van der Waals surface area (Å²) in [6, 6.07) is 0. The first-order valence-electron chi connectivity index (χ1n) is 5.52. The van der Waals surface area contributed by atoms with Gasteiger partial charge in [-0.25, -0.2) is 0 Å². The molecule has 2 aliphatic carbocycles. The normalized spacial score (nSPS) is 49.6. The number of rotatable bonds is 1. The molecule has 2 aliphatic rings. The Morgan fingerprint density at radius 3 is 2.23 bits per heavy atom. The summed E-state index contributed by atoms with van der Waals surface area (Å²) in [5.74, 6) is 1.66. The molecule has 0 spiro atoms. The van der Waals surface area contributed by atoms with Crippen molar-refractivity contribution in [2.75, 3.05) is 0 Å². The van der Waals surface area contributed by atoms with E-state index in [4.69, 9.17) is 11.6 Å². The Balaban J connectivity index is 2.34. The minimum Gasteiger partial charge on any atom is -0.123 e. The Hall–Kier alpha value is 0.290. The van der Waals surface area contributed by atoms with Crippen LogP contribution in [0.2, 0.25) is 0 Å². The quantitative estimate of drug-likeness (QED) is 0.560. The molecule has 2 bridgehead atoms. The topological polar surface area (TPSA) is 0 Å². The monoisotopic (exact) mass is 200 g/mol. The van der Waals surface area contributed by atoms with Crippen molar-refractivity contribution in [3.63, 3.8) is 0 Å². The molecule has 0 N–H and O–H groups in total. The summed E-state index contributed by atoms with van der Waals surface area (Å²) in [6.07, 6.45) is 4.26. The molecule has 76 valence electrons. The number of halogens is 1. The summed E-state index contributed by atoms with van der Waals surface area (Å²) in [5.41, 5.74) is 1.03. The number of fused-ring (bicyclic) bond motifs is 2. The Morgan fingerprint density at radius 2 is 1.92 bits per heavy atom. The summed E-state index contributed by atoms with van der Waals surface area (Å²) in [5, 5.41) is 0.338. The van der Waals surface area contributed by atoms with Crippen LogP contribution in [0, 0.1) is 22.7 Å². The van der Waals surface area contributed by atoms with Gasteiger partial charge in [-0.15, -0.1) is 11.6 Å². The Kier molecular flexibility index (Phi) is 2.01. The first-order chi connectivity index (χ1) is 5.88. The minimum absolute atomic E-state index is 0.338. The molecule has 0 saturated heterocycles. The molecular weight excluding hydrogens is 180 g/mol. The van der Waals surface area contributed by atoms with Crippen LogP contribution < -0.4 is 0 Å². The summed E-state index contributed by atoms with van der Waals surface area (Å²) in [7, 11) is 0. The summed E-state index contributed by atoms with van der Waals surface area (Å²) in [6.45, 7) is 9.47. The van der Waals surface area contributed by atoms with Crippen LogP contribution in [-0.2, 0) is 0 Å². The Bertz CT molecular complexity index is 214. The zero-order chi connectivity index (χ0) is 9.85. The SMILES string of the molecule is CC(Cl)C1C2(C)CCC(C2)C1(C)C. The van der Waals surface area contributed by atoms with Crippen LogP contribution in [0.25, 0.3) is 0 Å². The lowest BCUT2D eigenvalue weighted by Crippen LogP contribution is -2.39. The van der Waals surface area contributed by atoms with Crippen molar-refractivity contribution in [1.29, 1.82) is 0 Å². The van der Waals surface area contributed by atoms with Crippen LogP contribution in [-0.4, -0.2) is 5.38 Å². The van der Waals surface area contributed by atoms with Crippen LogP contribution in [0.5, 0.6) is 0 Å². The van der Waals surface area contributed by atoms with Crippen molar-refractivity contribution in [1.82, 2.24) is 0 Å². The molecule has 0 aromatic heterocycles. The van der Waals surface area contributed by atoms with E-state index in [1.807, 2.05) is 0 Å². The highest BCUT2D eigenvalue weighted by molar-refractivity contribution is 6.20. The lowest BCUT2D eigenvalue weighted by Gasteiger charge is -2.44. The molecule has 4 unspecified atom stereocenters. The third-order valence-corrected chi connectivity index (χ3v) is 5.09. The van der Waals surface area contributed by atoms with E-state index >= 15 is 0 Å². The average molecular weight is 201 g/mol. The maximum atomic E-state index is 6.35. The molecule has 0 aromatic carbocycles. The highest BCUT2D eigenvalue weighted by atomic mass is 35.5. The number of hydrogen-bond acceptors (Lipinski definition) is 0. The third-order valence-electron chi connectivity index (χ3n) is 4.84. The molecule has 0 aromatic rings. The van der Waals surface area contributed by atoms with E-state index < -0.39 is 0 Å². The fourth-order valence-corrected chi connectivity index (χ4v) is 5.12. The van der Waals surface area contributed by atoms with E-state index in [2.05, 4.69) is 27.7 Å². The van der Waals surface area contributed by atoms with Gasteiger partial charge in [-0.3, -0.25) is 0 Å². The van der Waals surface area contributed by atoms with Crippen molar-refractivity contribution in [2.24, 2.45) is 22.7 Å². The largest absolute Gasteiger partial charge is 0.123 e. The maximum absolute atomic E-state index is 6.35. The van der Waals surface area contributed by atoms with Crippen molar-refractivity contribution < 1.29 is 0 Å². The van der Waals surface area contributed by atoms with Gasteiger partial charge in [0.05, 0.1) is 0 Å². The van der Waals surface area contributed by atoms with Gasteiger partial charge < -0.3 is 0 Å². The van der Waals surface area contributed by atoms with Crippen LogP contribution >= 0.6 is 11.6 Å². The fourth-order valence-electron chi connectivity index (χ4n) is 4.49. The second-order valence-electron chi connectivity index (χ2n) is 6.07. The molecule has 0 heterocycles. The van der Waals surface area contributed by atoms with Crippen molar-refractivity contribution in [2.45, 2.75) is 52.3 Å². The van der Waals surface area contributed by atoms with Gasteiger partial charge in [-0.05, 0) is 48.9 Å². The molecule has 2 fully saturated rings. The van der Waals surface area contributed by atoms with Crippen molar-refractivity contribution in [3.8, 4) is 0 Å². The van der Waals surface area contributed by atoms with Crippen molar-refractivity contribution >= 4 is 11.6 Å². The molecule has 4 atom stereocenters. The smallest absolute Gasteiger partial charge is 0.0346 e. The second kappa shape index (κ2) is 2.66. The summed E-state index contributed by atoms with van der Waals surface area (Å²) >= 11 is 6.35. The van der Waals surface area contributed by atoms with Gasteiger partial charge in [-0.1, -0.05) is 20.8 Å². The van der Waals surface area contributed by atoms with E-state index in [1.165, 1.54) is 19.3 Å². The third kappa shape index (κ3) is 1.17. The van der Waals surface area contributed by atoms with Gasteiger partial charge in [0.15, 0.2) is 0 Å². The standard InChI is InChI=1S/C12H21Cl/c1-8(13)10-11(2,3)9-5-6-12(10,4)7-9/h8-10H,5-7H2,1-4H3. The molecule has 0 nitrogen and oxygen atoms in total. The van der Waals surface area contributed by atoms with Crippen LogP contribution in [0.15, 0.2) is 0 Å². The zero-order valence-electron chi connectivity index (χ0n) is 9.23. The van der Waals surface area contributed by atoms with Gasteiger partial charge >= 0.3 is 0 Å². The average Bonchev–Trinajstić information content (AvgIpc) is 2.36. The van der Waals surface area contributed by atoms with E-state index in [0.717, 1.165) is 11.8 Å². The number of alkyl halides is 1. The molecule has 2 rings (SSSR count). The lowest BCUT2D eigenvalue weighted by atomic mass is 9.63. The molecule has 1 heteroatoms. The molecule has 0 amide bonds. The summed E-state index contributed by atoms with van der Waals surface area (Å²) < 4.78 is 0. The fraction of sp³-hybridized carbons (Fsp3) is 1.00. The van der Waals surface area contributed by atoms with Gasteiger partial charge in [0.25, 0.3) is 0 Å². The van der Waals surface area contributed by atoms with Gasteiger partial charge in [0.1, 0.15) is 0 Å². The lowest BCUT2D eigenvalue weighted by molar-refractivity contribution is 0.0744. The van der Waals surface area contributed by atoms with Crippen LogP contribution in [0.3, 0.4) is 0 Å².